The second kappa shape index (κ2) is 12.0. The summed E-state index contributed by atoms with van der Waals surface area (Å²) in [5, 5.41) is 2.78. The predicted molar refractivity (Wildman–Crippen MR) is 129 cm³/mol. The fourth-order valence-electron chi connectivity index (χ4n) is 4.13. The van der Waals surface area contributed by atoms with Gasteiger partial charge >= 0.3 is 6.09 Å². The van der Waals surface area contributed by atoms with Crippen LogP contribution < -0.4 is 5.32 Å². The van der Waals surface area contributed by atoms with Crippen molar-refractivity contribution < 1.29 is 23.5 Å². The Bertz CT molecular complexity index is 945. The van der Waals surface area contributed by atoms with Crippen LogP contribution in [-0.4, -0.2) is 47.7 Å². The van der Waals surface area contributed by atoms with Crippen molar-refractivity contribution in [1.82, 2.24) is 10.2 Å². The molecule has 1 unspecified atom stereocenters. The van der Waals surface area contributed by atoms with Gasteiger partial charge in [0.1, 0.15) is 11.4 Å². The van der Waals surface area contributed by atoms with Crippen molar-refractivity contribution in [3.8, 4) is 0 Å². The molecule has 1 aliphatic rings. The third-order valence-corrected chi connectivity index (χ3v) is 5.69. The van der Waals surface area contributed by atoms with Gasteiger partial charge in [-0.15, -0.1) is 0 Å². The highest BCUT2D eigenvalue weighted by Gasteiger charge is 2.31. The van der Waals surface area contributed by atoms with E-state index in [9.17, 15) is 14.0 Å². The summed E-state index contributed by atoms with van der Waals surface area (Å²) >= 11 is 0. The monoisotopic (exact) mass is 470 g/mol. The molecule has 34 heavy (non-hydrogen) atoms. The molecule has 2 aromatic carbocycles. The van der Waals surface area contributed by atoms with Crippen LogP contribution in [0.25, 0.3) is 0 Å². The van der Waals surface area contributed by atoms with Gasteiger partial charge < -0.3 is 19.7 Å². The summed E-state index contributed by atoms with van der Waals surface area (Å²) in [6.45, 7) is 6.92. The van der Waals surface area contributed by atoms with Crippen molar-refractivity contribution in [3.63, 3.8) is 0 Å². The van der Waals surface area contributed by atoms with Gasteiger partial charge in [-0.1, -0.05) is 48.5 Å². The normalized spacial score (nSPS) is 16.8. The minimum atomic E-state index is -0.674. The fourth-order valence-corrected chi connectivity index (χ4v) is 4.13. The maximum Gasteiger partial charge on any atom is 0.407 e. The number of halogens is 1. The molecule has 2 amide bonds. The minimum absolute atomic E-state index is 0.00755. The van der Waals surface area contributed by atoms with Crippen LogP contribution in [-0.2, 0) is 27.3 Å². The average molecular weight is 471 g/mol. The Morgan fingerprint density at radius 3 is 2.53 bits per heavy atom. The van der Waals surface area contributed by atoms with Crippen molar-refractivity contribution >= 4 is 12.0 Å². The summed E-state index contributed by atoms with van der Waals surface area (Å²) in [4.78, 5) is 27.5. The summed E-state index contributed by atoms with van der Waals surface area (Å²) in [5.41, 5.74) is 0.859. The second-order valence-corrected chi connectivity index (χ2v) is 9.73. The molecule has 1 saturated heterocycles. The van der Waals surface area contributed by atoms with E-state index in [0.717, 1.165) is 18.4 Å². The first kappa shape index (κ1) is 25.7. The van der Waals surface area contributed by atoms with Crippen LogP contribution in [0.1, 0.15) is 51.2 Å². The highest BCUT2D eigenvalue weighted by atomic mass is 19.1. The molecular formula is C27H35FN2O4. The van der Waals surface area contributed by atoms with E-state index in [-0.39, 0.29) is 30.6 Å². The Balaban J connectivity index is 1.61. The largest absolute Gasteiger partial charge is 0.444 e. The van der Waals surface area contributed by atoms with Crippen molar-refractivity contribution in [2.45, 2.75) is 70.7 Å². The number of nitrogens with zero attached hydrogens (tertiary/aromatic N) is 1. The Hall–Kier alpha value is -2.93. The van der Waals surface area contributed by atoms with E-state index in [1.165, 1.54) is 6.07 Å². The lowest BCUT2D eigenvalue weighted by Gasteiger charge is -2.28. The number of ether oxygens (including phenoxy) is 2. The van der Waals surface area contributed by atoms with E-state index in [4.69, 9.17) is 9.47 Å². The number of hydrogen-bond donors (Lipinski definition) is 1. The van der Waals surface area contributed by atoms with E-state index in [2.05, 4.69) is 5.32 Å². The van der Waals surface area contributed by atoms with Gasteiger partial charge in [0.15, 0.2) is 0 Å². The van der Waals surface area contributed by atoms with Crippen molar-refractivity contribution in [2.24, 2.45) is 0 Å². The van der Waals surface area contributed by atoms with Crippen LogP contribution in [0.4, 0.5) is 9.18 Å². The number of carbonyl (C=O) groups excluding carboxylic acids is 2. The summed E-state index contributed by atoms with van der Waals surface area (Å²) in [6, 6.07) is 15.7. The molecule has 1 N–H and O–H groups in total. The second-order valence-electron chi connectivity index (χ2n) is 9.73. The Labute approximate surface area is 201 Å². The van der Waals surface area contributed by atoms with Crippen LogP contribution in [0.2, 0.25) is 0 Å². The molecule has 2 aromatic rings. The minimum Gasteiger partial charge on any atom is -0.444 e. The fraction of sp³-hybridized carbons (Fsp3) is 0.481. The first-order chi connectivity index (χ1) is 16.2. The lowest BCUT2D eigenvalue weighted by molar-refractivity contribution is -0.133. The summed E-state index contributed by atoms with van der Waals surface area (Å²) in [6.07, 6.45) is 1.41. The van der Waals surface area contributed by atoms with E-state index in [1.54, 1.807) is 39.0 Å². The molecule has 0 saturated carbocycles. The zero-order valence-corrected chi connectivity index (χ0v) is 20.3. The number of benzene rings is 2. The van der Waals surface area contributed by atoms with Crippen LogP contribution in [0, 0.1) is 5.82 Å². The topological polar surface area (TPSA) is 67.9 Å². The third-order valence-electron chi connectivity index (χ3n) is 5.69. The van der Waals surface area contributed by atoms with E-state index in [0.29, 0.717) is 25.3 Å². The smallest absolute Gasteiger partial charge is 0.407 e. The average Bonchev–Trinajstić information content (AvgIpc) is 3.23. The number of alkyl carbamates (subject to hydrolysis) is 1. The molecule has 0 spiro atoms. The lowest BCUT2D eigenvalue weighted by atomic mass is 10.0. The Kier molecular flexibility index (Phi) is 9.05. The first-order valence-corrected chi connectivity index (χ1v) is 11.9. The lowest BCUT2D eigenvalue weighted by Crippen LogP contribution is -2.45. The van der Waals surface area contributed by atoms with Gasteiger partial charge in [0.25, 0.3) is 0 Å². The number of likely N-dealkylation sites (tertiary alicyclic amines) is 1. The van der Waals surface area contributed by atoms with Gasteiger partial charge in [-0.2, -0.15) is 0 Å². The predicted octanol–water partition coefficient (Wildman–Crippen LogP) is 4.86. The molecule has 184 valence electrons. The number of carbonyl (C=O) groups is 2. The van der Waals surface area contributed by atoms with Crippen molar-refractivity contribution in [2.75, 3.05) is 13.2 Å². The molecule has 1 heterocycles. The summed E-state index contributed by atoms with van der Waals surface area (Å²) in [7, 11) is 0. The highest BCUT2D eigenvalue weighted by Crippen LogP contribution is 2.21. The molecule has 3 rings (SSSR count). The van der Waals surface area contributed by atoms with Crippen molar-refractivity contribution in [3.05, 3.63) is 71.5 Å². The number of amides is 2. The molecule has 1 aliphatic heterocycles. The van der Waals surface area contributed by atoms with Gasteiger partial charge in [-0.25, -0.2) is 9.18 Å². The molecule has 2 atom stereocenters. The van der Waals surface area contributed by atoms with Crippen LogP contribution in [0.3, 0.4) is 0 Å². The highest BCUT2D eigenvalue weighted by molar-refractivity contribution is 5.78. The molecule has 0 aliphatic carbocycles. The maximum absolute atomic E-state index is 14.3. The quantitative estimate of drug-likeness (QED) is 0.568. The van der Waals surface area contributed by atoms with Gasteiger partial charge in [-0.05, 0) is 57.2 Å². The van der Waals surface area contributed by atoms with Gasteiger partial charge in [0, 0.05) is 19.0 Å². The Morgan fingerprint density at radius 2 is 1.82 bits per heavy atom. The molecular weight excluding hydrogens is 435 g/mol. The zero-order valence-electron chi connectivity index (χ0n) is 20.3. The molecule has 7 heteroatoms. The summed E-state index contributed by atoms with van der Waals surface area (Å²) in [5.74, 6) is -0.442. The number of hydrogen-bond acceptors (Lipinski definition) is 4. The van der Waals surface area contributed by atoms with Crippen LogP contribution in [0.5, 0.6) is 0 Å². The summed E-state index contributed by atoms with van der Waals surface area (Å²) < 4.78 is 25.5. The first-order valence-electron chi connectivity index (χ1n) is 11.9. The van der Waals surface area contributed by atoms with Gasteiger partial charge in [0.05, 0.1) is 19.3 Å². The molecule has 0 aromatic heterocycles. The van der Waals surface area contributed by atoms with Crippen molar-refractivity contribution in [1.29, 1.82) is 0 Å². The molecule has 0 bridgehead atoms. The van der Waals surface area contributed by atoms with Gasteiger partial charge in [0.2, 0.25) is 5.91 Å². The van der Waals surface area contributed by atoms with Crippen LogP contribution >= 0.6 is 0 Å². The molecule has 0 radical (unpaired) electrons. The number of rotatable bonds is 9. The van der Waals surface area contributed by atoms with E-state index < -0.39 is 17.7 Å². The SMILES string of the molecule is CC(C)(C)OC(=O)NC(CC(=O)N1CCC[C@H]1COCc1ccccc1)Cc1ccccc1F. The van der Waals surface area contributed by atoms with Gasteiger partial charge in [-0.3, -0.25) is 4.79 Å². The third kappa shape index (κ3) is 8.13. The van der Waals surface area contributed by atoms with E-state index in [1.807, 2.05) is 35.2 Å². The Morgan fingerprint density at radius 1 is 1.12 bits per heavy atom. The molecule has 1 fully saturated rings. The zero-order chi connectivity index (χ0) is 24.6. The standard InChI is InChI=1S/C27H35FN2O4/c1-27(2,3)34-26(32)29-22(16-21-12-7-8-14-24(21)28)17-25(31)30-15-9-13-23(30)19-33-18-20-10-5-4-6-11-20/h4-8,10-12,14,22-23H,9,13,15-19H2,1-3H3,(H,29,32)/t22?,23-/m0/s1. The molecule has 6 nitrogen and oxygen atoms in total. The van der Waals surface area contributed by atoms with Crippen LogP contribution in [0.15, 0.2) is 54.6 Å². The maximum atomic E-state index is 14.3. The van der Waals surface area contributed by atoms with E-state index >= 15 is 0 Å². The number of nitrogens with one attached hydrogen (secondary N) is 1.